The standard InChI is InChI=1S/C20H12Cl2N2O2S/c21-15-9-10-16-18(17(15)22)23-20(27-16)24-19(25)12-5-4-8-14(11-12)26-13-6-2-1-3-7-13/h1-11H,(H,23,24,25). The quantitative estimate of drug-likeness (QED) is 0.406. The number of carbonyl (C=O) groups is 1. The molecule has 0 aliphatic carbocycles. The summed E-state index contributed by atoms with van der Waals surface area (Å²) in [5.41, 5.74) is 1.04. The maximum absolute atomic E-state index is 12.6. The first kappa shape index (κ1) is 17.8. The Bertz CT molecular complexity index is 1130. The van der Waals surface area contributed by atoms with Crippen molar-refractivity contribution in [1.29, 1.82) is 0 Å². The number of rotatable bonds is 4. The second kappa shape index (κ2) is 7.56. The molecule has 1 aromatic heterocycles. The molecular weight excluding hydrogens is 403 g/mol. The van der Waals surface area contributed by atoms with Crippen LogP contribution < -0.4 is 10.1 Å². The maximum Gasteiger partial charge on any atom is 0.257 e. The highest BCUT2D eigenvalue weighted by molar-refractivity contribution is 7.22. The van der Waals surface area contributed by atoms with Crippen molar-refractivity contribution in [3.63, 3.8) is 0 Å². The second-order valence-corrected chi connectivity index (χ2v) is 7.44. The minimum absolute atomic E-state index is 0.283. The van der Waals surface area contributed by atoms with Crippen LogP contribution in [0.1, 0.15) is 10.4 Å². The number of hydrogen-bond acceptors (Lipinski definition) is 4. The molecule has 1 amide bonds. The van der Waals surface area contributed by atoms with Crippen molar-refractivity contribution in [1.82, 2.24) is 4.98 Å². The number of thiazole rings is 1. The smallest absolute Gasteiger partial charge is 0.257 e. The fourth-order valence-electron chi connectivity index (χ4n) is 2.49. The first-order chi connectivity index (χ1) is 13.1. The van der Waals surface area contributed by atoms with Crippen molar-refractivity contribution < 1.29 is 9.53 Å². The molecule has 4 aromatic rings. The van der Waals surface area contributed by atoms with Gasteiger partial charge in [0.2, 0.25) is 0 Å². The lowest BCUT2D eigenvalue weighted by Gasteiger charge is -2.07. The lowest BCUT2D eigenvalue weighted by Crippen LogP contribution is -2.11. The van der Waals surface area contributed by atoms with E-state index in [1.807, 2.05) is 36.4 Å². The molecule has 1 N–H and O–H groups in total. The Hall–Kier alpha value is -2.60. The summed E-state index contributed by atoms with van der Waals surface area (Å²) in [6, 6.07) is 19.9. The van der Waals surface area contributed by atoms with Gasteiger partial charge >= 0.3 is 0 Å². The zero-order valence-corrected chi connectivity index (χ0v) is 16.1. The van der Waals surface area contributed by atoms with E-state index in [-0.39, 0.29) is 5.91 Å². The number of hydrogen-bond donors (Lipinski definition) is 1. The van der Waals surface area contributed by atoms with Gasteiger partial charge in [0.25, 0.3) is 5.91 Å². The Morgan fingerprint density at radius 1 is 0.963 bits per heavy atom. The third-order valence-corrected chi connectivity index (χ3v) is 5.48. The van der Waals surface area contributed by atoms with Gasteiger partial charge in [-0.1, -0.05) is 58.8 Å². The molecule has 3 aromatic carbocycles. The van der Waals surface area contributed by atoms with Crippen molar-refractivity contribution in [3.05, 3.63) is 82.3 Å². The molecule has 0 fully saturated rings. The van der Waals surface area contributed by atoms with Crippen molar-refractivity contribution in [2.24, 2.45) is 0 Å². The normalized spacial score (nSPS) is 10.7. The van der Waals surface area contributed by atoms with Crippen LogP contribution in [0.2, 0.25) is 10.0 Å². The molecule has 0 aliphatic heterocycles. The van der Waals surface area contributed by atoms with E-state index in [0.717, 1.165) is 4.70 Å². The Kier molecular flexibility index (Phi) is 4.99. The average Bonchev–Trinajstić information content (AvgIpc) is 3.09. The third kappa shape index (κ3) is 3.90. The van der Waals surface area contributed by atoms with Gasteiger partial charge in [0.15, 0.2) is 5.13 Å². The minimum atomic E-state index is -0.283. The molecule has 0 saturated carbocycles. The fraction of sp³-hybridized carbons (Fsp3) is 0. The van der Waals surface area contributed by atoms with Gasteiger partial charge < -0.3 is 4.74 Å². The van der Waals surface area contributed by atoms with Crippen molar-refractivity contribution in [2.75, 3.05) is 5.32 Å². The number of fused-ring (bicyclic) bond motifs is 1. The zero-order chi connectivity index (χ0) is 18.8. The monoisotopic (exact) mass is 414 g/mol. The number of nitrogens with zero attached hydrogens (tertiary/aromatic N) is 1. The molecule has 0 unspecified atom stereocenters. The molecule has 0 bridgehead atoms. The van der Waals surface area contributed by atoms with Crippen LogP contribution in [0.4, 0.5) is 5.13 Å². The molecule has 7 heteroatoms. The molecule has 4 nitrogen and oxygen atoms in total. The summed E-state index contributed by atoms with van der Waals surface area (Å²) in [6.45, 7) is 0. The van der Waals surface area contributed by atoms with Crippen LogP contribution in [0.25, 0.3) is 10.2 Å². The fourth-order valence-corrected chi connectivity index (χ4v) is 3.77. The van der Waals surface area contributed by atoms with Crippen LogP contribution in [0.5, 0.6) is 11.5 Å². The summed E-state index contributed by atoms with van der Waals surface area (Å²) in [5.74, 6) is 0.996. The molecule has 0 aliphatic rings. The van der Waals surface area contributed by atoms with Crippen LogP contribution in [0, 0.1) is 0 Å². The number of nitrogens with one attached hydrogen (secondary N) is 1. The number of para-hydroxylation sites is 1. The highest BCUT2D eigenvalue weighted by Crippen LogP contribution is 2.35. The highest BCUT2D eigenvalue weighted by Gasteiger charge is 2.13. The summed E-state index contributed by atoms with van der Waals surface area (Å²) in [5, 5.41) is 4.06. The third-order valence-electron chi connectivity index (χ3n) is 3.75. The lowest BCUT2D eigenvalue weighted by atomic mass is 10.2. The number of anilines is 1. The first-order valence-electron chi connectivity index (χ1n) is 7.99. The molecule has 0 spiro atoms. The van der Waals surface area contributed by atoms with Gasteiger partial charge in [0, 0.05) is 5.56 Å². The summed E-state index contributed by atoms with van der Waals surface area (Å²) in [6.07, 6.45) is 0. The Balaban J connectivity index is 1.55. The predicted octanol–water partition coefficient (Wildman–Crippen LogP) is 6.65. The number of ether oxygens (including phenoxy) is 1. The van der Waals surface area contributed by atoms with E-state index in [1.54, 1.807) is 30.3 Å². The maximum atomic E-state index is 12.6. The molecular formula is C20H12Cl2N2O2S. The molecule has 4 rings (SSSR count). The average molecular weight is 415 g/mol. The predicted molar refractivity (Wildman–Crippen MR) is 111 cm³/mol. The van der Waals surface area contributed by atoms with E-state index in [0.29, 0.717) is 37.8 Å². The van der Waals surface area contributed by atoms with Crippen molar-refractivity contribution in [3.8, 4) is 11.5 Å². The van der Waals surface area contributed by atoms with Crippen LogP contribution >= 0.6 is 34.5 Å². The Morgan fingerprint density at radius 2 is 1.74 bits per heavy atom. The van der Waals surface area contributed by atoms with E-state index in [9.17, 15) is 4.79 Å². The van der Waals surface area contributed by atoms with E-state index in [2.05, 4.69) is 10.3 Å². The van der Waals surface area contributed by atoms with Gasteiger partial charge in [-0.3, -0.25) is 10.1 Å². The van der Waals surface area contributed by atoms with E-state index >= 15 is 0 Å². The number of amides is 1. The van der Waals surface area contributed by atoms with Gasteiger partial charge in [0.1, 0.15) is 17.0 Å². The topological polar surface area (TPSA) is 51.2 Å². The number of halogens is 2. The van der Waals surface area contributed by atoms with Gasteiger partial charge in [-0.05, 0) is 42.5 Å². The van der Waals surface area contributed by atoms with E-state index < -0.39 is 0 Å². The van der Waals surface area contributed by atoms with E-state index in [4.69, 9.17) is 27.9 Å². The lowest BCUT2D eigenvalue weighted by molar-refractivity contribution is 0.102. The molecule has 0 atom stereocenters. The zero-order valence-electron chi connectivity index (χ0n) is 13.8. The van der Waals surface area contributed by atoms with Gasteiger partial charge in [-0.2, -0.15) is 0 Å². The molecule has 1 heterocycles. The Labute approximate surface area is 169 Å². The summed E-state index contributed by atoms with van der Waals surface area (Å²) in [4.78, 5) is 17.0. The van der Waals surface area contributed by atoms with Gasteiger partial charge in [-0.15, -0.1) is 0 Å². The summed E-state index contributed by atoms with van der Waals surface area (Å²) < 4.78 is 6.62. The number of carbonyl (C=O) groups excluding carboxylic acids is 1. The molecule has 27 heavy (non-hydrogen) atoms. The van der Waals surface area contributed by atoms with Crippen LogP contribution in [0.3, 0.4) is 0 Å². The first-order valence-corrected chi connectivity index (χ1v) is 9.56. The van der Waals surface area contributed by atoms with Gasteiger partial charge in [0.05, 0.1) is 14.7 Å². The largest absolute Gasteiger partial charge is 0.457 e. The molecule has 0 radical (unpaired) electrons. The molecule has 134 valence electrons. The van der Waals surface area contributed by atoms with Crippen LogP contribution in [-0.2, 0) is 0 Å². The Morgan fingerprint density at radius 3 is 2.56 bits per heavy atom. The van der Waals surface area contributed by atoms with Crippen molar-refractivity contribution >= 4 is 55.8 Å². The number of aromatic nitrogens is 1. The minimum Gasteiger partial charge on any atom is -0.457 e. The second-order valence-electron chi connectivity index (χ2n) is 5.62. The summed E-state index contributed by atoms with van der Waals surface area (Å²) in [7, 11) is 0. The van der Waals surface area contributed by atoms with Crippen molar-refractivity contribution in [2.45, 2.75) is 0 Å². The summed E-state index contributed by atoms with van der Waals surface area (Å²) >= 11 is 13.5. The SMILES string of the molecule is O=C(Nc1nc2c(Cl)c(Cl)ccc2s1)c1cccc(Oc2ccccc2)c1. The van der Waals surface area contributed by atoms with Crippen LogP contribution in [-0.4, -0.2) is 10.9 Å². The molecule has 0 saturated heterocycles. The highest BCUT2D eigenvalue weighted by atomic mass is 35.5. The van der Waals surface area contributed by atoms with E-state index in [1.165, 1.54) is 11.3 Å². The van der Waals surface area contributed by atoms with Gasteiger partial charge in [-0.25, -0.2) is 4.98 Å². The number of benzene rings is 3. The van der Waals surface area contributed by atoms with Crippen LogP contribution in [0.15, 0.2) is 66.7 Å².